The molecule has 0 radical (unpaired) electrons. The van der Waals surface area contributed by atoms with E-state index in [9.17, 15) is 0 Å². The summed E-state index contributed by atoms with van der Waals surface area (Å²) in [5.41, 5.74) is 1.48. The molecule has 0 saturated carbocycles. The predicted octanol–water partition coefficient (Wildman–Crippen LogP) is 8.48. The van der Waals surface area contributed by atoms with Gasteiger partial charge in [0, 0.05) is 17.1 Å². The fourth-order valence-electron chi connectivity index (χ4n) is 3.97. The van der Waals surface area contributed by atoms with Gasteiger partial charge in [-0.05, 0) is 12.8 Å². The Bertz CT molecular complexity index is 510. The quantitative estimate of drug-likeness (QED) is 0.103. The van der Waals surface area contributed by atoms with Crippen LogP contribution in [0.2, 0.25) is 0 Å². The molecule has 0 bridgehead atoms. The molecule has 2 aromatic carbocycles. The molecule has 2 heteroatoms. The van der Waals surface area contributed by atoms with Crippen molar-refractivity contribution in [3.63, 3.8) is 0 Å². The van der Waals surface area contributed by atoms with Gasteiger partial charge in [0.2, 0.25) is 0 Å². The molecule has 0 aromatic heterocycles. The van der Waals surface area contributed by atoms with Crippen LogP contribution >= 0.6 is 0 Å². The second-order valence-electron chi connectivity index (χ2n) is 9.32. The molecule has 0 amide bonds. The van der Waals surface area contributed by atoms with Crippen LogP contribution in [0, 0.1) is 0 Å². The number of nitrogens with zero attached hydrogens (tertiary/aromatic N) is 1. The average Bonchev–Trinajstić information content (AvgIpc) is 3.42. The monoisotopic (exact) mass is 454 g/mol. The van der Waals surface area contributed by atoms with E-state index in [1.54, 1.807) is 0 Å². The summed E-state index contributed by atoms with van der Waals surface area (Å²) in [6.07, 6.45) is 18.7. The third-order valence-electron chi connectivity index (χ3n) is 5.76. The van der Waals surface area contributed by atoms with Crippen molar-refractivity contribution < 1.29 is 21.6 Å². The Morgan fingerprint density at radius 1 is 0.600 bits per heavy atom. The van der Waals surface area contributed by atoms with Crippen LogP contribution in [0.25, 0.3) is 0 Å². The maximum atomic E-state index is 2.37. The average molecular weight is 455 g/mol. The molecule has 0 atom stereocenters. The van der Waals surface area contributed by atoms with E-state index in [-0.39, 0.29) is 17.1 Å². The van der Waals surface area contributed by atoms with Crippen molar-refractivity contribution in [3.05, 3.63) is 60.2 Å². The van der Waals surface area contributed by atoms with Gasteiger partial charge in [0.1, 0.15) is 0 Å². The SMILES string of the molecule is CCCCCCCCCCCCCCC[N+](C)(C)C[c-]1cccc1.[Fe].[cH-]1[cH-][cH-][cH-][cH-]1. The van der Waals surface area contributed by atoms with Crippen LogP contribution in [0.3, 0.4) is 0 Å². The van der Waals surface area contributed by atoms with Crippen molar-refractivity contribution in [2.24, 2.45) is 0 Å². The van der Waals surface area contributed by atoms with Crippen molar-refractivity contribution >= 4 is 0 Å². The first kappa shape index (κ1) is 29.2. The summed E-state index contributed by atoms with van der Waals surface area (Å²) >= 11 is 0. The maximum Gasteiger partial charge on any atom is 0.0777 e. The van der Waals surface area contributed by atoms with E-state index < -0.39 is 0 Å². The molecule has 0 aliphatic heterocycles. The zero-order valence-corrected chi connectivity index (χ0v) is 21.2. The van der Waals surface area contributed by atoms with Crippen LogP contribution in [-0.2, 0) is 23.6 Å². The van der Waals surface area contributed by atoms with Gasteiger partial charge in [-0.3, -0.25) is 0 Å². The molecule has 0 heterocycles. The summed E-state index contributed by atoms with van der Waals surface area (Å²) in [4.78, 5) is 0. The van der Waals surface area contributed by atoms with Crippen molar-refractivity contribution in [1.82, 2.24) is 0 Å². The molecule has 0 spiro atoms. The van der Waals surface area contributed by atoms with Crippen LogP contribution < -0.4 is 0 Å². The smallest absolute Gasteiger partial charge is 0.0777 e. The third-order valence-corrected chi connectivity index (χ3v) is 5.76. The van der Waals surface area contributed by atoms with Crippen LogP contribution in [0.15, 0.2) is 54.6 Å². The first-order valence-electron chi connectivity index (χ1n) is 12.3. The summed E-state index contributed by atoms with van der Waals surface area (Å²) < 4.78 is 1.13. The zero-order valence-electron chi connectivity index (χ0n) is 20.1. The Morgan fingerprint density at radius 3 is 1.37 bits per heavy atom. The van der Waals surface area contributed by atoms with Crippen LogP contribution in [-0.4, -0.2) is 25.1 Å². The van der Waals surface area contributed by atoms with E-state index in [0.29, 0.717) is 0 Å². The standard InChI is InChI=1S/C23H43N.C5H5.Fe/c1-4-5-6-7-8-9-10-11-12-13-14-15-18-21-24(2,3)22-23-19-16-17-20-23;1-2-4-5-3-1;/h16-17,19-20H,4-15,18,21-22H2,1-3H3;1-5H;/q;-5;. The Kier molecular flexibility index (Phi) is 19.6. The van der Waals surface area contributed by atoms with Crippen LogP contribution in [0.1, 0.15) is 96.0 Å². The molecular formula is C28H48FeN-5. The summed E-state index contributed by atoms with van der Waals surface area (Å²) in [5.74, 6) is 0. The second kappa shape index (κ2) is 20.1. The molecular weight excluding hydrogens is 406 g/mol. The molecule has 178 valence electrons. The third kappa shape index (κ3) is 18.0. The van der Waals surface area contributed by atoms with Gasteiger partial charge in [0.05, 0.1) is 27.2 Å². The Labute approximate surface area is 199 Å². The van der Waals surface area contributed by atoms with Crippen LogP contribution in [0.4, 0.5) is 0 Å². The van der Waals surface area contributed by atoms with E-state index in [4.69, 9.17) is 0 Å². The maximum absolute atomic E-state index is 2.37. The van der Waals surface area contributed by atoms with E-state index in [1.807, 2.05) is 30.3 Å². The van der Waals surface area contributed by atoms with Gasteiger partial charge in [0.25, 0.3) is 0 Å². The minimum atomic E-state index is 0. The predicted molar refractivity (Wildman–Crippen MR) is 130 cm³/mol. The fraction of sp³-hybridized carbons (Fsp3) is 0.643. The van der Waals surface area contributed by atoms with Crippen molar-refractivity contribution in [3.8, 4) is 0 Å². The molecule has 0 saturated heterocycles. The molecule has 0 N–H and O–H groups in total. The Morgan fingerprint density at radius 2 is 0.967 bits per heavy atom. The van der Waals surface area contributed by atoms with Gasteiger partial charge >= 0.3 is 0 Å². The first-order valence-corrected chi connectivity index (χ1v) is 12.3. The van der Waals surface area contributed by atoms with E-state index in [0.717, 1.165) is 4.48 Å². The molecule has 0 fully saturated rings. The largest absolute Gasteiger partial charge is 0.748 e. The normalized spacial score (nSPS) is 10.9. The van der Waals surface area contributed by atoms with Crippen molar-refractivity contribution in [2.45, 2.75) is 96.9 Å². The van der Waals surface area contributed by atoms with E-state index in [1.165, 1.54) is 102 Å². The summed E-state index contributed by atoms with van der Waals surface area (Å²) in [6.45, 7) is 4.78. The number of rotatable bonds is 16. The molecule has 0 aliphatic carbocycles. The molecule has 30 heavy (non-hydrogen) atoms. The molecule has 2 rings (SSSR count). The van der Waals surface area contributed by atoms with Gasteiger partial charge in [-0.1, -0.05) is 77.6 Å². The summed E-state index contributed by atoms with van der Waals surface area (Å²) in [7, 11) is 4.74. The number of quaternary nitrogens is 1. The minimum absolute atomic E-state index is 0. The molecule has 0 aliphatic rings. The fourth-order valence-corrected chi connectivity index (χ4v) is 3.97. The molecule has 2 aromatic rings. The van der Waals surface area contributed by atoms with Gasteiger partial charge < -0.3 is 34.8 Å². The first-order chi connectivity index (χ1) is 14.1. The van der Waals surface area contributed by atoms with Crippen LogP contribution in [0.5, 0.6) is 0 Å². The van der Waals surface area contributed by atoms with Gasteiger partial charge in [-0.25, -0.2) is 12.1 Å². The van der Waals surface area contributed by atoms with Crippen molar-refractivity contribution in [1.29, 1.82) is 0 Å². The molecule has 1 nitrogen and oxygen atoms in total. The number of hydrogen-bond acceptors (Lipinski definition) is 0. The van der Waals surface area contributed by atoms with E-state index in [2.05, 4.69) is 45.3 Å². The summed E-state index contributed by atoms with van der Waals surface area (Å²) in [5, 5.41) is 0. The Balaban J connectivity index is 0.00000122. The van der Waals surface area contributed by atoms with Gasteiger partial charge in [-0.2, -0.15) is 12.1 Å². The number of unbranched alkanes of at least 4 members (excludes halogenated alkanes) is 12. The zero-order chi connectivity index (χ0) is 21.0. The summed E-state index contributed by atoms with van der Waals surface area (Å²) in [6, 6.07) is 18.8. The molecule has 0 unspecified atom stereocenters. The second-order valence-corrected chi connectivity index (χ2v) is 9.32. The van der Waals surface area contributed by atoms with E-state index >= 15 is 0 Å². The Hall–Kier alpha value is -0.821. The van der Waals surface area contributed by atoms with Gasteiger partial charge in [0.15, 0.2) is 0 Å². The van der Waals surface area contributed by atoms with Crippen molar-refractivity contribution in [2.75, 3.05) is 20.6 Å². The minimum Gasteiger partial charge on any atom is -0.748 e. The topological polar surface area (TPSA) is 0 Å². The number of hydrogen-bond donors (Lipinski definition) is 0. The van der Waals surface area contributed by atoms with Gasteiger partial charge in [-0.15, -0.1) is 5.56 Å².